The van der Waals surface area contributed by atoms with Crippen LogP contribution in [0.15, 0.2) is 65.8 Å². The Balaban J connectivity index is 1.51. The zero-order chi connectivity index (χ0) is 20.5. The lowest BCUT2D eigenvalue weighted by molar-refractivity contribution is -0.121. The predicted octanol–water partition coefficient (Wildman–Crippen LogP) is 4.81. The van der Waals surface area contributed by atoms with E-state index in [4.69, 9.17) is 4.74 Å². The number of carbonyl (C=O) groups excluding carboxylic acids is 1. The van der Waals surface area contributed by atoms with Gasteiger partial charge in [-0.05, 0) is 47.4 Å². The summed E-state index contributed by atoms with van der Waals surface area (Å²) in [6.07, 6.45) is 4.58. The number of aryl methyl sites for hydroxylation is 1. The van der Waals surface area contributed by atoms with Gasteiger partial charge in [0, 0.05) is 12.0 Å². The summed E-state index contributed by atoms with van der Waals surface area (Å²) >= 11 is 0. The van der Waals surface area contributed by atoms with Crippen molar-refractivity contribution in [1.29, 1.82) is 0 Å². The number of carbonyl (C=O) groups is 1. The molecule has 0 fully saturated rings. The third-order valence-electron chi connectivity index (χ3n) is 4.66. The van der Waals surface area contributed by atoms with Crippen LogP contribution in [0.5, 0.6) is 11.5 Å². The number of aromatic hydroxyl groups is 1. The molecule has 29 heavy (non-hydrogen) atoms. The molecule has 3 rings (SSSR count). The molecule has 0 atom stereocenters. The minimum Gasteiger partial charge on any atom is -0.507 e. The first-order valence-electron chi connectivity index (χ1n) is 9.91. The molecular formula is C24H26N2O3. The Labute approximate surface area is 171 Å². The van der Waals surface area contributed by atoms with Crippen molar-refractivity contribution >= 4 is 22.9 Å². The highest BCUT2D eigenvalue weighted by atomic mass is 16.5. The van der Waals surface area contributed by atoms with Crippen LogP contribution in [0.1, 0.15) is 37.3 Å². The van der Waals surface area contributed by atoms with E-state index in [1.165, 1.54) is 6.21 Å². The number of hydrogen-bond acceptors (Lipinski definition) is 4. The fourth-order valence-electron chi connectivity index (χ4n) is 2.99. The predicted molar refractivity (Wildman–Crippen MR) is 117 cm³/mol. The van der Waals surface area contributed by atoms with E-state index < -0.39 is 0 Å². The SMILES string of the molecule is CCCCOc1ccc(CCC(=O)NN=Cc2c(O)ccc3ccccc23)cc1. The van der Waals surface area contributed by atoms with Gasteiger partial charge in [-0.15, -0.1) is 0 Å². The fraction of sp³-hybridized carbons (Fsp3) is 0.250. The summed E-state index contributed by atoms with van der Waals surface area (Å²) in [5, 5.41) is 16.0. The second-order valence-corrected chi connectivity index (χ2v) is 6.86. The molecule has 0 heterocycles. The number of ether oxygens (including phenoxy) is 1. The number of nitrogens with zero attached hydrogens (tertiary/aromatic N) is 1. The van der Waals surface area contributed by atoms with Gasteiger partial charge in [-0.1, -0.05) is 55.8 Å². The first-order valence-corrected chi connectivity index (χ1v) is 9.91. The Kier molecular flexibility index (Phi) is 7.22. The van der Waals surface area contributed by atoms with Crippen molar-refractivity contribution in [2.45, 2.75) is 32.6 Å². The molecule has 0 spiro atoms. The average Bonchev–Trinajstić information content (AvgIpc) is 2.75. The number of amides is 1. The molecule has 3 aromatic carbocycles. The van der Waals surface area contributed by atoms with Gasteiger partial charge in [-0.3, -0.25) is 4.79 Å². The maximum absolute atomic E-state index is 12.1. The largest absolute Gasteiger partial charge is 0.507 e. The minimum absolute atomic E-state index is 0.128. The number of nitrogens with one attached hydrogen (secondary N) is 1. The Morgan fingerprint density at radius 3 is 2.69 bits per heavy atom. The lowest BCUT2D eigenvalue weighted by atomic mass is 10.0. The van der Waals surface area contributed by atoms with Gasteiger partial charge in [0.15, 0.2) is 0 Å². The maximum Gasteiger partial charge on any atom is 0.240 e. The number of rotatable bonds is 9. The Hall–Kier alpha value is -3.34. The highest BCUT2D eigenvalue weighted by Crippen LogP contribution is 2.25. The topological polar surface area (TPSA) is 70.9 Å². The van der Waals surface area contributed by atoms with Crippen LogP contribution < -0.4 is 10.2 Å². The third kappa shape index (κ3) is 5.82. The zero-order valence-corrected chi connectivity index (χ0v) is 16.6. The van der Waals surface area contributed by atoms with E-state index in [9.17, 15) is 9.90 Å². The summed E-state index contributed by atoms with van der Waals surface area (Å²) in [4.78, 5) is 12.1. The average molecular weight is 390 g/mol. The number of hydrazone groups is 1. The highest BCUT2D eigenvalue weighted by Gasteiger charge is 2.05. The zero-order valence-electron chi connectivity index (χ0n) is 16.6. The van der Waals surface area contributed by atoms with Crippen molar-refractivity contribution in [2.75, 3.05) is 6.61 Å². The van der Waals surface area contributed by atoms with Crippen molar-refractivity contribution in [3.63, 3.8) is 0 Å². The van der Waals surface area contributed by atoms with E-state index in [1.807, 2.05) is 54.6 Å². The number of unbranched alkanes of at least 4 members (excludes halogenated alkanes) is 1. The molecule has 0 aliphatic rings. The summed E-state index contributed by atoms with van der Waals surface area (Å²) in [5.74, 6) is 0.804. The Morgan fingerprint density at radius 2 is 1.90 bits per heavy atom. The molecule has 150 valence electrons. The Bertz CT molecular complexity index is 981. The first-order chi connectivity index (χ1) is 14.2. The van der Waals surface area contributed by atoms with Crippen LogP contribution in [0, 0.1) is 0 Å². The van der Waals surface area contributed by atoms with Crippen molar-refractivity contribution in [2.24, 2.45) is 5.10 Å². The van der Waals surface area contributed by atoms with E-state index >= 15 is 0 Å². The number of benzene rings is 3. The van der Waals surface area contributed by atoms with Crippen molar-refractivity contribution in [1.82, 2.24) is 5.43 Å². The molecule has 5 nitrogen and oxygen atoms in total. The molecule has 5 heteroatoms. The van der Waals surface area contributed by atoms with E-state index in [1.54, 1.807) is 6.07 Å². The molecule has 0 bridgehead atoms. The molecule has 0 aliphatic carbocycles. The van der Waals surface area contributed by atoms with Gasteiger partial charge < -0.3 is 9.84 Å². The quantitative estimate of drug-likeness (QED) is 0.313. The van der Waals surface area contributed by atoms with E-state index in [-0.39, 0.29) is 11.7 Å². The van der Waals surface area contributed by atoms with Crippen LogP contribution in [-0.2, 0) is 11.2 Å². The minimum atomic E-state index is -0.177. The molecular weight excluding hydrogens is 364 g/mol. The maximum atomic E-state index is 12.1. The lowest BCUT2D eigenvalue weighted by Crippen LogP contribution is -2.17. The van der Waals surface area contributed by atoms with E-state index in [2.05, 4.69) is 17.5 Å². The molecule has 0 aromatic heterocycles. The fourth-order valence-corrected chi connectivity index (χ4v) is 2.99. The number of phenolic OH excluding ortho intramolecular Hbond substituents is 1. The van der Waals surface area contributed by atoms with Gasteiger partial charge in [-0.25, -0.2) is 5.43 Å². The molecule has 0 saturated carbocycles. The number of hydrogen-bond donors (Lipinski definition) is 2. The second-order valence-electron chi connectivity index (χ2n) is 6.86. The molecule has 2 N–H and O–H groups in total. The standard InChI is InChI=1S/C24H26N2O3/c1-2-3-16-29-20-12-8-18(9-13-20)10-15-24(28)26-25-17-22-21-7-5-4-6-19(21)11-14-23(22)27/h4-9,11-14,17,27H,2-3,10,15-16H2,1H3,(H,26,28). The monoisotopic (exact) mass is 390 g/mol. The van der Waals surface area contributed by atoms with Crippen LogP contribution in [0.3, 0.4) is 0 Å². The number of fused-ring (bicyclic) bond motifs is 1. The molecule has 0 unspecified atom stereocenters. The molecule has 3 aromatic rings. The van der Waals surface area contributed by atoms with Crippen LogP contribution in [-0.4, -0.2) is 23.8 Å². The van der Waals surface area contributed by atoms with Crippen LogP contribution in [0.2, 0.25) is 0 Å². The molecule has 0 radical (unpaired) electrons. The summed E-state index contributed by atoms with van der Waals surface area (Å²) in [6, 6.07) is 19.0. The first kappa shape index (κ1) is 20.4. The normalized spacial score (nSPS) is 11.1. The van der Waals surface area contributed by atoms with Gasteiger partial charge in [-0.2, -0.15) is 5.10 Å². The van der Waals surface area contributed by atoms with Gasteiger partial charge in [0.25, 0.3) is 0 Å². The van der Waals surface area contributed by atoms with Gasteiger partial charge >= 0.3 is 0 Å². The van der Waals surface area contributed by atoms with Crippen LogP contribution in [0.25, 0.3) is 10.8 Å². The van der Waals surface area contributed by atoms with Crippen molar-refractivity contribution < 1.29 is 14.6 Å². The number of phenols is 1. The van der Waals surface area contributed by atoms with E-state index in [0.29, 0.717) is 18.4 Å². The summed E-state index contributed by atoms with van der Waals surface area (Å²) < 4.78 is 5.64. The third-order valence-corrected chi connectivity index (χ3v) is 4.66. The van der Waals surface area contributed by atoms with Gasteiger partial charge in [0.05, 0.1) is 12.8 Å². The Morgan fingerprint density at radius 1 is 1.10 bits per heavy atom. The summed E-state index contributed by atoms with van der Waals surface area (Å²) in [6.45, 7) is 2.86. The summed E-state index contributed by atoms with van der Waals surface area (Å²) in [5.41, 5.74) is 4.19. The van der Waals surface area contributed by atoms with Gasteiger partial charge in [0.1, 0.15) is 11.5 Å². The molecule has 0 saturated heterocycles. The van der Waals surface area contributed by atoms with Crippen LogP contribution in [0.4, 0.5) is 0 Å². The smallest absolute Gasteiger partial charge is 0.240 e. The van der Waals surface area contributed by atoms with Gasteiger partial charge in [0.2, 0.25) is 5.91 Å². The highest BCUT2D eigenvalue weighted by molar-refractivity contribution is 6.02. The second kappa shape index (κ2) is 10.3. The van der Waals surface area contributed by atoms with E-state index in [0.717, 1.165) is 41.5 Å². The molecule has 1 amide bonds. The summed E-state index contributed by atoms with van der Waals surface area (Å²) in [7, 11) is 0. The van der Waals surface area contributed by atoms with Crippen molar-refractivity contribution in [3.05, 3.63) is 71.8 Å². The lowest BCUT2D eigenvalue weighted by Gasteiger charge is -2.06. The molecule has 0 aliphatic heterocycles. The van der Waals surface area contributed by atoms with Crippen molar-refractivity contribution in [3.8, 4) is 11.5 Å². The van der Waals surface area contributed by atoms with Crippen LogP contribution >= 0.6 is 0 Å².